The van der Waals surface area contributed by atoms with Crippen LogP contribution in [-0.4, -0.2) is 36.2 Å². The van der Waals surface area contributed by atoms with Gasteiger partial charge in [-0.15, -0.1) is 12.4 Å². The minimum absolute atomic E-state index is 0. The quantitative estimate of drug-likeness (QED) is 0.944. The maximum absolute atomic E-state index is 5.53. The number of hydrogen-bond acceptors (Lipinski definition) is 4. The van der Waals surface area contributed by atoms with Gasteiger partial charge in [-0.1, -0.05) is 35.5 Å². The number of nitrogens with one attached hydrogen (secondary N) is 1. The van der Waals surface area contributed by atoms with Gasteiger partial charge in [0.2, 0.25) is 0 Å². The molecule has 0 amide bonds. The number of hydrogen-bond donors (Lipinski definition) is 1. The number of likely N-dealkylation sites (tertiary alicyclic amines) is 1. The number of aromatic nitrogens is 1. The molecule has 0 saturated carbocycles. The zero-order valence-corrected chi connectivity index (χ0v) is 13.4. The first-order chi connectivity index (χ1) is 10.4. The van der Waals surface area contributed by atoms with Crippen molar-refractivity contribution < 1.29 is 4.52 Å². The molecule has 2 aromatic rings. The van der Waals surface area contributed by atoms with Gasteiger partial charge in [0.15, 0.2) is 5.76 Å². The first-order valence-electron chi connectivity index (χ1n) is 7.82. The molecule has 4 rings (SSSR count). The molecule has 1 N–H and O–H groups in total. The summed E-state index contributed by atoms with van der Waals surface area (Å²) in [5.41, 5.74) is 2.05. The van der Waals surface area contributed by atoms with E-state index in [9.17, 15) is 0 Å². The molecule has 118 valence electrons. The van der Waals surface area contributed by atoms with Gasteiger partial charge in [0.25, 0.3) is 0 Å². The van der Waals surface area contributed by atoms with E-state index in [4.69, 9.17) is 4.52 Å². The lowest BCUT2D eigenvalue weighted by molar-refractivity contribution is 0.130. The predicted molar refractivity (Wildman–Crippen MR) is 88.9 cm³/mol. The van der Waals surface area contributed by atoms with Gasteiger partial charge in [0, 0.05) is 18.2 Å². The number of benzene rings is 1. The zero-order chi connectivity index (χ0) is 14.1. The van der Waals surface area contributed by atoms with E-state index >= 15 is 0 Å². The van der Waals surface area contributed by atoms with Crippen LogP contribution in [0.1, 0.15) is 12.2 Å². The molecule has 5 heteroatoms. The smallest absolute Gasteiger partial charge is 0.151 e. The highest BCUT2D eigenvalue weighted by Crippen LogP contribution is 2.28. The molecule has 0 spiro atoms. The fourth-order valence-corrected chi connectivity index (χ4v) is 3.61. The summed E-state index contributed by atoms with van der Waals surface area (Å²) in [6.07, 6.45) is 1.30. The Bertz CT molecular complexity index is 601. The Morgan fingerprint density at radius 1 is 1.18 bits per heavy atom. The van der Waals surface area contributed by atoms with E-state index in [0.29, 0.717) is 0 Å². The summed E-state index contributed by atoms with van der Waals surface area (Å²) in [7, 11) is 0. The summed E-state index contributed by atoms with van der Waals surface area (Å²) in [6.45, 7) is 5.61. The van der Waals surface area contributed by atoms with Gasteiger partial charge < -0.3 is 9.84 Å². The number of nitrogens with zero attached hydrogens (tertiary/aromatic N) is 2. The fraction of sp³-hybridized carbons (Fsp3) is 0.471. The van der Waals surface area contributed by atoms with Crippen molar-refractivity contribution >= 4 is 12.4 Å². The first kappa shape index (κ1) is 15.5. The molecule has 1 aromatic carbocycles. The van der Waals surface area contributed by atoms with Crippen molar-refractivity contribution in [2.45, 2.75) is 13.0 Å². The van der Waals surface area contributed by atoms with Crippen LogP contribution in [0, 0.1) is 11.8 Å². The summed E-state index contributed by atoms with van der Waals surface area (Å²) >= 11 is 0. The van der Waals surface area contributed by atoms with E-state index in [1.165, 1.54) is 32.6 Å². The SMILES string of the molecule is Cl.c1ccc(-c2cc(CN3CCC4CNCC4C3)on2)cc1. The number of fused-ring (bicyclic) bond motifs is 1. The Hall–Kier alpha value is -1.36. The zero-order valence-electron chi connectivity index (χ0n) is 12.6. The minimum Gasteiger partial charge on any atom is -0.359 e. The van der Waals surface area contributed by atoms with Crippen LogP contribution >= 0.6 is 12.4 Å². The lowest BCUT2D eigenvalue weighted by Crippen LogP contribution is -2.39. The third-order valence-corrected chi connectivity index (χ3v) is 4.80. The maximum atomic E-state index is 5.53. The minimum atomic E-state index is 0. The van der Waals surface area contributed by atoms with E-state index < -0.39 is 0 Å². The van der Waals surface area contributed by atoms with Gasteiger partial charge in [-0.3, -0.25) is 4.90 Å². The van der Waals surface area contributed by atoms with Gasteiger partial charge in [-0.05, 0) is 37.9 Å². The molecule has 4 nitrogen and oxygen atoms in total. The van der Waals surface area contributed by atoms with E-state index in [-0.39, 0.29) is 12.4 Å². The molecule has 1 aromatic heterocycles. The van der Waals surface area contributed by atoms with Crippen LogP contribution in [0.15, 0.2) is 40.9 Å². The van der Waals surface area contributed by atoms with Crippen LogP contribution in [-0.2, 0) is 6.54 Å². The highest BCUT2D eigenvalue weighted by Gasteiger charge is 2.32. The molecule has 2 fully saturated rings. The second-order valence-electron chi connectivity index (χ2n) is 6.25. The Balaban J connectivity index is 0.00000144. The Kier molecular flexibility index (Phi) is 4.81. The van der Waals surface area contributed by atoms with Crippen LogP contribution in [0.3, 0.4) is 0 Å². The molecular weight excluding hydrogens is 298 g/mol. The average Bonchev–Trinajstić information content (AvgIpc) is 3.17. The predicted octanol–water partition coefficient (Wildman–Crippen LogP) is 2.80. The van der Waals surface area contributed by atoms with Crippen LogP contribution < -0.4 is 5.32 Å². The molecule has 2 aliphatic rings. The van der Waals surface area contributed by atoms with Crippen molar-refractivity contribution in [2.24, 2.45) is 11.8 Å². The lowest BCUT2D eigenvalue weighted by Gasteiger charge is -2.33. The molecule has 2 saturated heterocycles. The summed E-state index contributed by atoms with van der Waals surface area (Å²) in [5.74, 6) is 2.67. The van der Waals surface area contributed by atoms with E-state index in [0.717, 1.165) is 35.4 Å². The molecule has 0 aliphatic carbocycles. The van der Waals surface area contributed by atoms with Crippen molar-refractivity contribution in [3.05, 3.63) is 42.2 Å². The summed E-state index contributed by atoms with van der Waals surface area (Å²) in [5, 5.41) is 7.72. The van der Waals surface area contributed by atoms with Gasteiger partial charge >= 0.3 is 0 Å². The van der Waals surface area contributed by atoms with Gasteiger partial charge in [-0.2, -0.15) is 0 Å². The molecule has 2 atom stereocenters. The number of rotatable bonds is 3. The number of piperidine rings is 1. The van der Waals surface area contributed by atoms with Crippen LogP contribution in [0.25, 0.3) is 11.3 Å². The highest BCUT2D eigenvalue weighted by molar-refractivity contribution is 5.85. The van der Waals surface area contributed by atoms with Crippen LogP contribution in [0.5, 0.6) is 0 Å². The monoisotopic (exact) mass is 319 g/mol. The summed E-state index contributed by atoms with van der Waals surface area (Å²) in [6, 6.07) is 12.3. The molecule has 2 unspecified atom stereocenters. The second-order valence-corrected chi connectivity index (χ2v) is 6.25. The van der Waals surface area contributed by atoms with E-state index in [1.54, 1.807) is 0 Å². The van der Waals surface area contributed by atoms with Gasteiger partial charge in [0.05, 0.1) is 6.54 Å². The Morgan fingerprint density at radius 2 is 2.00 bits per heavy atom. The Labute approximate surface area is 137 Å². The molecule has 2 aliphatic heterocycles. The molecular formula is C17H22ClN3O. The van der Waals surface area contributed by atoms with Crippen molar-refractivity contribution in [1.82, 2.24) is 15.4 Å². The highest BCUT2D eigenvalue weighted by atomic mass is 35.5. The standard InChI is InChI=1S/C17H21N3O.ClH/c1-2-4-13(5-3-1)17-8-16(21-19-17)12-20-7-6-14-9-18-10-15(14)11-20;/h1-5,8,14-15,18H,6-7,9-12H2;1H. The third-order valence-electron chi connectivity index (χ3n) is 4.80. The molecule has 3 heterocycles. The normalized spacial score (nSPS) is 24.7. The lowest BCUT2D eigenvalue weighted by atomic mass is 9.89. The number of halogens is 1. The van der Waals surface area contributed by atoms with Crippen LogP contribution in [0.2, 0.25) is 0 Å². The second kappa shape index (κ2) is 6.82. The largest absolute Gasteiger partial charge is 0.359 e. The third kappa shape index (κ3) is 3.19. The average molecular weight is 320 g/mol. The summed E-state index contributed by atoms with van der Waals surface area (Å²) < 4.78 is 5.53. The topological polar surface area (TPSA) is 41.3 Å². The van der Waals surface area contributed by atoms with E-state index in [2.05, 4.69) is 33.6 Å². The first-order valence-corrected chi connectivity index (χ1v) is 7.82. The maximum Gasteiger partial charge on any atom is 0.151 e. The van der Waals surface area contributed by atoms with Crippen molar-refractivity contribution in [3.8, 4) is 11.3 Å². The molecule has 22 heavy (non-hydrogen) atoms. The van der Waals surface area contributed by atoms with Gasteiger partial charge in [-0.25, -0.2) is 0 Å². The van der Waals surface area contributed by atoms with Crippen LogP contribution in [0.4, 0.5) is 0 Å². The molecule has 0 radical (unpaired) electrons. The van der Waals surface area contributed by atoms with Crippen molar-refractivity contribution in [1.29, 1.82) is 0 Å². The van der Waals surface area contributed by atoms with Gasteiger partial charge in [0.1, 0.15) is 5.69 Å². The Morgan fingerprint density at radius 3 is 2.86 bits per heavy atom. The van der Waals surface area contributed by atoms with Crippen molar-refractivity contribution in [2.75, 3.05) is 26.2 Å². The molecule has 0 bridgehead atoms. The fourth-order valence-electron chi connectivity index (χ4n) is 3.61. The van der Waals surface area contributed by atoms with Crippen molar-refractivity contribution in [3.63, 3.8) is 0 Å². The summed E-state index contributed by atoms with van der Waals surface area (Å²) in [4.78, 5) is 2.50. The van der Waals surface area contributed by atoms with E-state index in [1.807, 2.05) is 18.2 Å².